The minimum atomic E-state index is -0.737. The maximum atomic E-state index is 11.6. The molecule has 2 aromatic rings. The quantitative estimate of drug-likeness (QED) is 0.597. The third kappa shape index (κ3) is 4.77. The van der Waals surface area contributed by atoms with E-state index >= 15 is 0 Å². The molecule has 0 aliphatic heterocycles. The van der Waals surface area contributed by atoms with Crippen molar-refractivity contribution in [2.24, 2.45) is 0 Å². The molecule has 1 heterocycles. The summed E-state index contributed by atoms with van der Waals surface area (Å²) in [6.07, 6.45) is 1.25. The molecule has 1 aromatic carbocycles. The van der Waals surface area contributed by atoms with Crippen molar-refractivity contribution in [1.82, 2.24) is 10.2 Å². The van der Waals surface area contributed by atoms with Crippen LogP contribution in [0.1, 0.15) is 25.8 Å². The van der Waals surface area contributed by atoms with Crippen molar-refractivity contribution >= 4 is 11.9 Å². The summed E-state index contributed by atoms with van der Waals surface area (Å²) in [5.74, 6) is -0.807. The zero-order valence-corrected chi connectivity index (χ0v) is 12.8. The Labute approximate surface area is 132 Å². The molecule has 23 heavy (non-hydrogen) atoms. The van der Waals surface area contributed by atoms with Crippen LogP contribution in [0, 0.1) is 0 Å². The maximum Gasteiger partial charge on any atom is 0.331 e. The van der Waals surface area contributed by atoms with Crippen LogP contribution >= 0.6 is 0 Å². The zero-order chi connectivity index (χ0) is 16.7. The first kappa shape index (κ1) is 16.4. The van der Waals surface area contributed by atoms with Crippen molar-refractivity contribution < 1.29 is 23.5 Å². The van der Waals surface area contributed by atoms with Gasteiger partial charge in [-0.05, 0) is 26.0 Å². The monoisotopic (exact) mass is 316 g/mol. The molecule has 120 valence electrons. The van der Waals surface area contributed by atoms with Gasteiger partial charge in [-0.1, -0.05) is 18.2 Å². The molecule has 1 aromatic heterocycles. The number of carbonyl (C=O) groups excluding carboxylic acids is 2. The fourth-order valence-corrected chi connectivity index (χ4v) is 1.69. The number of aromatic nitrogens is 2. The lowest BCUT2D eigenvalue weighted by molar-refractivity contribution is -0.144. The Hall–Kier alpha value is -2.96. The van der Waals surface area contributed by atoms with Gasteiger partial charge in [-0.15, -0.1) is 10.2 Å². The third-order valence-electron chi connectivity index (χ3n) is 2.74. The van der Waals surface area contributed by atoms with Crippen molar-refractivity contribution in [3.8, 4) is 11.5 Å². The van der Waals surface area contributed by atoms with Crippen molar-refractivity contribution in [3.63, 3.8) is 0 Å². The number of ether oxygens (including phenoxy) is 2. The van der Waals surface area contributed by atoms with Crippen LogP contribution in [0.5, 0.6) is 0 Å². The van der Waals surface area contributed by atoms with Gasteiger partial charge in [0.1, 0.15) is 0 Å². The van der Waals surface area contributed by atoms with E-state index in [9.17, 15) is 9.59 Å². The SMILES string of the molecule is CCOC(=O)/C=C/C(=O)O[C@H](C)c1nnc(-c2ccccc2)o1. The summed E-state index contributed by atoms with van der Waals surface area (Å²) in [7, 11) is 0. The summed E-state index contributed by atoms with van der Waals surface area (Å²) in [5, 5.41) is 7.77. The van der Waals surface area contributed by atoms with Gasteiger partial charge in [-0.3, -0.25) is 0 Å². The molecule has 0 spiro atoms. The maximum absolute atomic E-state index is 11.6. The van der Waals surface area contributed by atoms with Crippen LogP contribution in [-0.2, 0) is 19.1 Å². The summed E-state index contributed by atoms with van der Waals surface area (Å²) < 4.78 is 15.2. The Kier molecular flexibility index (Phi) is 5.62. The first-order valence-electron chi connectivity index (χ1n) is 7.04. The van der Waals surface area contributed by atoms with E-state index in [1.165, 1.54) is 0 Å². The van der Waals surface area contributed by atoms with E-state index in [1.54, 1.807) is 13.8 Å². The van der Waals surface area contributed by atoms with Crippen LogP contribution in [-0.4, -0.2) is 28.7 Å². The Morgan fingerprint density at radius 2 is 1.87 bits per heavy atom. The second kappa shape index (κ2) is 7.88. The van der Waals surface area contributed by atoms with Gasteiger partial charge < -0.3 is 13.9 Å². The number of esters is 2. The summed E-state index contributed by atoms with van der Waals surface area (Å²) in [5.41, 5.74) is 0.770. The van der Waals surface area contributed by atoms with Gasteiger partial charge in [-0.25, -0.2) is 9.59 Å². The summed E-state index contributed by atoms with van der Waals surface area (Å²) in [6.45, 7) is 3.50. The molecule has 7 nitrogen and oxygen atoms in total. The highest BCUT2D eigenvalue weighted by molar-refractivity contribution is 5.91. The standard InChI is InChI=1S/C16H16N2O5/c1-3-21-13(19)9-10-14(20)22-11(2)15-17-18-16(23-15)12-7-5-4-6-8-12/h4-11H,3H2,1-2H3/b10-9+/t11-/m1/s1. The molecule has 0 bridgehead atoms. The van der Waals surface area contributed by atoms with Gasteiger partial charge in [-0.2, -0.15) is 0 Å². The Bertz CT molecular complexity index is 694. The van der Waals surface area contributed by atoms with Crippen molar-refractivity contribution in [1.29, 1.82) is 0 Å². The molecule has 0 fully saturated rings. The number of carbonyl (C=O) groups is 2. The first-order valence-corrected chi connectivity index (χ1v) is 7.04. The first-order chi connectivity index (χ1) is 11.1. The molecular weight excluding hydrogens is 300 g/mol. The van der Waals surface area contributed by atoms with E-state index in [2.05, 4.69) is 14.9 Å². The molecule has 0 aliphatic carbocycles. The van der Waals surface area contributed by atoms with Gasteiger partial charge in [0.15, 0.2) is 6.10 Å². The van der Waals surface area contributed by atoms with Crippen LogP contribution in [0.2, 0.25) is 0 Å². The molecule has 0 aliphatic rings. The fourth-order valence-electron chi connectivity index (χ4n) is 1.69. The molecular formula is C16H16N2O5. The number of hydrogen-bond acceptors (Lipinski definition) is 7. The Balaban J connectivity index is 1.96. The minimum absolute atomic E-state index is 0.168. The average molecular weight is 316 g/mol. The molecule has 0 radical (unpaired) electrons. The lowest BCUT2D eigenvalue weighted by Gasteiger charge is -2.06. The van der Waals surface area contributed by atoms with Crippen LogP contribution in [0.25, 0.3) is 11.5 Å². The lowest BCUT2D eigenvalue weighted by atomic mass is 10.2. The molecule has 7 heteroatoms. The largest absolute Gasteiger partial charge is 0.463 e. The number of hydrogen-bond donors (Lipinski definition) is 0. The van der Waals surface area contributed by atoms with Crippen molar-refractivity contribution in [2.45, 2.75) is 20.0 Å². The average Bonchev–Trinajstić information content (AvgIpc) is 3.04. The van der Waals surface area contributed by atoms with E-state index in [0.717, 1.165) is 17.7 Å². The second-order valence-corrected chi connectivity index (χ2v) is 4.48. The highest BCUT2D eigenvalue weighted by Gasteiger charge is 2.18. The molecule has 0 saturated heterocycles. The van der Waals surface area contributed by atoms with Crippen molar-refractivity contribution in [2.75, 3.05) is 6.61 Å². The highest BCUT2D eigenvalue weighted by atomic mass is 16.6. The van der Waals surface area contributed by atoms with Crippen LogP contribution in [0.15, 0.2) is 46.9 Å². The zero-order valence-electron chi connectivity index (χ0n) is 12.8. The van der Waals surface area contributed by atoms with E-state index in [1.807, 2.05) is 30.3 Å². The molecule has 1 atom stereocenters. The molecule has 0 saturated carbocycles. The van der Waals surface area contributed by atoms with Crippen LogP contribution < -0.4 is 0 Å². The summed E-state index contributed by atoms with van der Waals surface area (Å²) in [6, 6.07) is 9.23. The predicted octanol–water partition coefficient (Wildman–Crippen LogP) is 2.46. The van der Waals surface area contributed by atoms with Crippen LogP contribution in [0.3, 0.4) is 0 Å². The van der Waals surface area contributed by atoms with E-state index in [0.29, 0.717) is 5.89 Å². The van der Waals surface area contributed by atoms with Gasteiger partial charge in [0.2, 0.25) is 5.89 Å². The highest BCUT2D eigenvalue weighted by Crippen LogP contribution is 2.22. The Morgan fingerprint density at radius 1 is 1.17 bits per heavy atom. The summed E-state index contributed by atoms with van der Waals surface area (Å²) >= 11 is 0. The van der Waals surface area contributed by atoms with Gasteiger partial charge in [0.25, 0.3) is 5.89 Å². The molecule has 0 amide bonds. The normalized spacial score (nSPS) is 12.1. The van der Waals surface area contributed by atoms with Gasteiger partial charge >= 0.3 is 11.9 Å². The van der Waals surface area contributed by atoms with Crippen molar-refractivity contribution in [3.05, 3.63) is 48.4 Å². The lowest BCUT2D eigenvalue weighted by Crippen LogP contribution is -2.08. The third-order valence-corrected chi connectivity index (χ3v) is 2.74. The van der Waals surface area contributed by atoms with Crippen LogP contribution in [0.4, 0.5) is 0 Å². The summed E-state index contributed by atoms with van der Waals surface area (Å²) in [4.78, 5) is 22.7. The Morgan fingerprint density at radius 3 is 2.57 bits per heavy atom. The smallest absolute Gasteiger partial charge is 0.331 e. The minimum Gasteiger partial charge on any atom is -0.463 e. The van der Waals surface area contributed by atoms with E-state index < -0.39 is 18.0 Å². The number of benzene rings is 1. The van der Waals surface area contributed by atoms with E-state index in [-0.39, 0.29) is 12.5 Å². The number of rotatable bonds is 6. The second-order valence-electron chi connectivity index (χ2n) is 4.48. The predicted molar refractivity (Wildman–Crippen MR) is 80.0 cm³/mol. The van der Waals surface area contributed by atoms with Gasteiger partial charge in [0, 0.05) is 17.7 Å². The fraction of sp³-hybridized carbons (Fsp3) is 0.250. The molecule has 0 unspecified atom stereocenters. The van der Waals surface area contributed by atoms with Gasteiger partial charge in [0.05, 0.1) is 6.61 Å². The molecule has 0 N–H and O–H groups in total. The number of nitrogens with zero attached hydrogens (tertiary/aromatic N) is 2. The van der Waals surface area contributed by atoms with E-state index in [4.69, 9.17) is 9.15 Å². The molecule has 2 rings (SSSR count). The topological polar surface area (TPSA) is 91.5 Å².